The van der Waals surface area contributed by atoms with Crippen LogP contribution in [-0.4, -0.2) is 4.57 Å². The number of fused-ring (bicyclic) bond motifs is 19. The molecule has 13 aromatic rings. The van der Waals surface area contributed by atoms with Gasteiger partial charge in [-0.25, -0.2) is 0 Å². The highest BCUT2D eigenvalue weighted by Gasteiger charge is 2.51. The molecule has 15 rings (SSSR count). The van der Waals surface area contributed by atoms with Gasteiger partial charge in [0.25, 0.3) is 0 Å². The Labute approximate surface area is 405 Å². The quantitative estimate of drug-likeness (QED) is 0.172. The molecule has 0 radical (unpaired) electrons. The molecule has 0 bridgehead atoms. The van der Waals surface area contributed by atoms with Crippen molar-refractivity contribution in [2.24, 2.45) is 0 Å². The molecular weight excluding hydrogens is 849 g/mol. The number of nitrogens with zero attached hydrogens (tertiary/aromatic N) is 2. The van der Waals surface area contributed by atoms with E-state index in [-0.39, 0.29) is 0 Å². The van der Waals surface area contributed by atoms with E-state index >= 15 is 0 Å². The van der Waals surface area contributed by atoms with Crippen molar-refractivity contribution in [3.63, 3.8) is 0 Å². The molecule has 0 aliphatic heterocycles. The Bertz CT molecular complexity index is 4240. The minimum absolute atomic E-state index is 0.712. The van der Waals surface area contributed by atoms with E-state index in [2.05, 4.69) is 264 Å². The average Bonchev–Trinajstić information content (AvgIpc) is 4.06. The molecule has 3 heteroatoms. The number of rotatable bonds is 5. The molecular formula is C67H42N2O. The van der Waals surface area contributed by atoms with Crippen LogP contribution in [0.5, 0.6) is 0 Å². The van der Waals surface area contributed by atoms with Gasteiger partial charge in [0.1, 0.15) is 11.2 Å². The monoisotopic (exact) mass is 890 g/mol. The summed E-state index contributed by atoms with van der Waals surface area (Å²) in [5.74, 6) is 0. The highest BCUT2D eigenvalue weighted by Crippen LogP contribution is 2.63. The predicted octanol–water partition coefficient (Wildman–Crippen LogP) is 17.8. The number of anilines is 3. The summed E-state index contributed by atoms with van der Waals surface area (Å²) in [5, 5.41) is 4.68. The first kappa shape index (κ1) is 38.9. The van der Waals surface area contributed by atoms with Crippen LogP contribution in [0.3, 0.4) is 0 Å². The molecule has 3 nitrogen and oxygen atoms in total. The van der Waals surface area contributed by atoms with Gasteiger partial charge in [-0.05, 0) is 128 Å². The maximum atomic E-state index is 6.96. The fourth-order valence-corrected chi connectivity index (χ4v) is 12.3. The molecule has 0 saturated heterocycles. The summed E-state index contributed by atoms with van der Waals surface area (Å²) in [4.78, 5) is 2.46. The van der Waals surface area contributed by atoms with Crippen LogP contribution in [0.1, 0.15) is 22.3 Å². The van der Waals surface area contributed by atoms with Crippen molar-refractivity contribution in [2.45, 2.75) is 5.41 Å². The number of para-hydroxylation sites is 3. The number of hydrogen-bond donors (Lipinski definition) is 0. The normalized spacial score (nSPS) is 14.3. The summed E-state index contributed by atoms with van der Waals surface area (Å²) >= 11 is 0. The molecule has 2 heterocycles. The second kappa shape index (κ2) is 14.9. The Hall–Kier alpha value is -9.18. The van der Waals surface area contributed by atoms with Crippen LogP contribution >= 0.6 is 0 Å². The minimum Gasteiger partial charge on any atom is -0.455 e. The Balaban J connectivity index is 1.04. The zero-order valence-corrected chi connectivity index (χ0v) is 38.1. The molecule has 0 amide bonds. The number of hydrogen-bond acceptors (Lipinski definition) is 2. The number of furan rings is 1. The molecule has 70 heavy (non-hydrogen) atoms. The Morgan fingerprint density at radius 2 is 0.886 bits per heavy atom. The lowest BCUT2D eigenvalue weighted by Gasteiger charge is -2.36. The molecule has 1 unspecified atom stereocenters. The topological polar surface area (TPSA) is 21.3 Å². The van der Waals surface area contributed by atoms with Crippen molar-refractivity contribution < 1.29 is 4.42 Å². The first-order valence-electron chi connectivity index (χ1n) is 24.2. The van der Waals surface area contributed by atoms with Gasteiger partial charge in [-0.3, -0.25) is 0 Å². The third-order valence-electron chi connectivity index (χ3n) is 15.2. The fourth-order valence-electron chi connectivity index (χ4n) is 12.3. The van der Waals surface area contributed by atoms with Crippen molar-refractivity contribution in [3.05, 3.63) is 277 Å². The molecule has 2 aliphatic rings. The largest absolute Gasteiger partial charge is 0.455 e. The summed E-state index contributed by atoms with van der Waals surface area (Å²) in [5.41, 5.74) is 22.4. The van der Waals surface area contributed by atoms with Crippen LogP contribution in [0.4, 0.5) is 17.1 Å². The SMILES string of the molecule is c1ccc(-c2ccc(N(c3ccc4c(c3)C3(c5ccccc5-c5ccccc5-4)c4ccccc4-c4c3ccc3c4oc4ccccc43)c3ccc4c(c3)c3ccccc3n4-c3ccccc3)cc2)cc1. The van der Waals surface area contributed by atoms with Crippen LogP contribution < -0.4 is 4.90 Å². The molecule has 0 fully saturated rings. The van der Waals surface area contributed by atoms with Crippen LogP contribution in [0.25, 0.3) is 93.9 Å². The third-order valence-corrected chi connectivity index (χ3v) is 15.2. The van der Waals surface area contributed by atoms with Gasteiger partial charge in [0, 0.05) is 49.9 Å². The van der Waals surface area contributed by atoms with Crippen LogP contribution in [-0.2, 0) is 5.41 Å². The van der Waals surface area contributed by atoms with Crippen molar-refractivity contribution >= 4 is 60.8 Å². The van der Waals surface area contributed by atoms with Crippen molar-refractivity contribution in [3.8, 4) is 50.2 Å². The highest BCUT2D eigenvalue weighted by atomic mass is 16.3. The Morgan fingerprint density at radius 1 is 0.329 bits per heavy atom. The van der Waals surface area contributed by atoms with E-state index in [1.165, 1.54) is 83.0 Å². The van der Waals surface area contributed by atoms with Crippen molar-refractivity contribution in [2.75, 3.05) is 4.90 Å². The highest BCUT2D eigenvalue weighted by molar-refractivity contribution is 6.14. The second-order valence-electron chi connectivity index (χ2n) is 18.7. The van der Waals surface area contributed by atoms with E-state index < -0.39 is 5.41 Å². The molecule has 326 valence electrons. The van der Waals surface area contributed by atoms with Gasteiger partial charge in [-0.1, -0.05) is 188 Å². The maximum Gasteiger partial charge on any atom is 0.143 e. The average molecular weight is 891 g/mol. The third kappa shape index (κ3) is 5.40. The Morgan fingerprint density at radius 3 is 1.67 bits per heavy atom. The van der Waals surface area contributed by atoms with Gasteiger partial charge in [0.2, 0.25) is 0 Å². The van der Waals surface area contributed by atoms with E-state index in [9.17, 15) is 0 Å². The molecule has 0 saturated carbocycles. The van der Waals surface area contributed by atoms with Gasteiger partial charge in [-0.15, -0.1) is 0 Å². The predicted molar refractivity (Wildman–Crippen MR) is 290 cm³/mol. The molecule has 2 aromatic heterocycles. The van der Waals surface area contributed by atoms with E-state index in [0.717, 1.165) is 50.3 Å². The van der Waals surface area contributed by atoms with Crippen molar-refractivity contribution in [1.82, 2.24) is 4.57 Å². The number of benzene rings is 11. The lowest BCUT2D eigenvalue weighted by Crippen LogP contribution is -2.29. The maximum absolute atomic E-state index is 6.96. The van der Waals surface area contributed by atoms with E-state index in [1.807, 2.05) is 0 Å². The molecule has 0 N–H and O–H groups in total. The van der Waals surface area contributed by atoms with Gasteiger partial charge in [0.05, 0.1) is 16.4 Å². The summed E-state index contributed by atoms with van der Waals surface area (Å²) in [6.07, 6.45) is 0. The lowest BCUT2D eigenvalue weighted by molar-refractivity contribution is 0.669. The molecule has 11 aromatic carbocycles. The van der Waals surface area contributed by atoms with E-state index in [0.29, 0.717) is 0 Å². The van der Waals surface area contributed by atoms with Crippen LogP contribution in [0.15, 0.2) is 259 Å². The molecule has 2 aliphatic carbocycles. The van der Waals surface area contributed by atoms with Gasteiger partial charge in [0.15, 0.2) is 0 Å². The van der Waals surface area contributed by atoms with Gasteiger partial charge >= 0.3 is 0 Å². The summed E-state index contributed by atoms with van der Waals surface area (Å²) < 4.78 is 9.35. The van der Waals surface area contributed by atoms with Gasteiger partial charge in [-0.2, -0.15) is 0 Å². The molecule has 1 atom stereocenters. The zero-order chi connectivity index (χ0) is 45.9. The summed E-state index contributed by atoms with van der Waals surface area (Å²) in [6.45, 7) is 0. The van der Waals surface area contributed by atoms with E-state index in [4.69, 9.17) is 4.42 Å². The second-order valence-corrected chi connectivity index (χ2v) is 18.7. The first-order chi connectivity index (χ1) is 34.7. The van der Waals surface area contributed by atoms with Crippen LogP contribution in [0.2, 0.25) is 0 Å². The standard InChI is InChI=1S/C67H42N2O/c1-3-17-43(18-4-1)44-31-33-46(34-32-44)68(47-36-40-63-57(41-47)53-24-11-15-29-62(53)69(63)45-19-5-2-6-20-45)48-35-37-52-50-22-8-7-21-49(50)51-23-9-13-27-58(51)67(61(52)42-48)59-28-14-10-26-56(59)65-60(67)39-38-55-54-25-12-16-30-64(54)70-66(55)65/h1-42H. The summed E-state index contributed by atoms with van der Waals surface area (Å²) in [7, 11) is 0. The smallest absolute Gasteiger partial charge is 0.143 e. The summed E-state index contributed by atoms with van der Waals surface area (Å²) in [6, 6.07) is 93.8. The minimum atomic E-state index is -0.712. The number of aromatic nitrogens is 1. The van der Waals surface area contributed by atoms with E-state index in [1.54, 1.807) is 0 Å². The van der Waals surface area contributed by atoms with Crippen LogP contribution in [0, 0.1) is 0 Å². The van der Waals surface area contributed by atoms with Gasteiger partial charge < -0.3 is 13.9 Å². The zero-order valence-electron chi connectivity index (χ0n) is 38.1. The Kier molecular flexibility index (Phi) is 8.28. The lowest BCUT2D eigenvalue weighted by atomic mass is 9.65. The van der Waals surface area contributed by atoms with Crippen molar-refractivity contribution in [1.29, 1.82) is 0 Å². The fraction of sp³-hybridized carbons (Fsp3) is 0.0149. The first-order valence-corrected chi connectivity index (χ1v) is 24.2. The molecule has 1 spiro atoms.